The summed E-state index contributed by atoms with van der Waals surface area (Å²) in [6.45, 7) is 2.62. The van der Waals surface area contributed by atoms with Crippen molar-refractivity contribution in [3.05, 3.63) is 41.7 Å². The Labute approximate surface area is 135 Å². The van der Waals surface area contributed by atoms with Gasteiger partial charge in [0, 0.05) is 12.0 Å². The number of rotatable bonds is 5. The Morgan fingerprint density at radius 1 is 1.30 bits per heavy atom. The van der Waals surface area contributed by atoms with E-state index in [9.17, 15) is 9.90 Å². The molecule has 1 amide bonds. The summed E-state index contributed by atoms with van der Waals surface area (Å²) >= 11 is 0. The molecule has 1 saturated carbocycles. The third-order valence-corrected chi connectivity index (χ3v) is 4.65. The van der Waals surface area contributed by atoms with E-state index in [0.717, 1.165) is 36.9 Å². The Kier molecular flexibility index (Phi) is 4.43. The zero-order valence-corrected chi connectivity index (χ0v) is 13.3. The predicted molar refractivity (Wildman–Crippen MR) is 86.4 cm³/mol. The van der Waals surface area contributed by atoms with Gasteiger partial charge in [0.1, 0.15) is 0 Å². The number of aliphatic hydroxyl groups is 1. The minimum atomic E-state index is -0.247. The summed E-state index contributed by atoms with van der Waals surface area (Å²) in [6, 6.07) is 7.85. The molecule has 1 aliphatic carbocycles. The van der Waals surface area contributed by atoms with Gasteiger partial charge in [0.15, 0.2) is 5.69 Å². The molecule has 3 rings (SSSR count). The molecule has 1 fully saturated rings. The minimum Gasteiger partial charge on any atom is -0.396 e. The van der Waals surface area contributed by atoms with Crippen LogP contribution in [0.25, 0.3) is 5.69 Å². The van der Waals surface area contributed by atoms with Crippen molar-refractivity contribution in [3.8, 4) is 5.69 Å². The Morgan fingerprint density at radius 2 is 2.00 bits per heavy atom. The van der Waals surface area contributed by atoms with Gasteiger partial charge in [-0.05, 0) is 31.9 Å². The number of nitrogens with one attached hydrogen (secondary N) is 1. The van der Waals surface area contributed by atoms with Crippen LogP contribution < -0.4 is 5.32 Å². The second kappa shape index (κ2) is 6.50. The Hall–Kier alpha value is -2.21. The molecule has 1 aromatic heterocycles. The molecule has 0 spiro atoms. The Bertz CT molecular complexity index is 672. The number of aliphatic hydroxyl groups excluding tert-OH is 1. The lowest BCUT2D eigenvalue weighted by Crippen LogP contribution is -2.38. The monoisotopic (exact) mass is 314 g/mol. The summed E-state index contributed by atoms with van der Waals surface area (Å²) in [5.41, 5.74) is 2.15. The molecule has 0 unspecified atom stereocenters. The number of amides is 1. The van der Waals surface area contributed by atoms with E-state index in [4.69, 9.17) is 0 Å². The topological polar surface area (TPSA) is 80.0 Å². The van der Waals surface area contributed by atoms with Crippen LogP contribution in [0.15, 0.2) is 30.5 Å². The van der Waals surface area contributed by atoms with E-state index < -0.39 is 0 Å². The van der Waals surface area contributed by atoms with Gasteiger partial charge in [0.05, 0.1) is 18.5 Å². The maximum Gasteiger partial charge on any atom is 0.273 e. The van der Waals surface area contributed by atoms with E-state index in [1.54, 1.807) is 10.9 Å². The molecule has 1 aliphatic rings. The molecular weight excluding hydrogens is 292 g/mol. The van der Waals surface area contributed by atoms with Crippen LogP contribution in [0.1, 0.15) is 41.7 Å². The average molecular weight is 314 g/mol. The van der Waals surface area contributed by atoms with E-state index >= 15 is 0 Å². The zero-order chi connectivity index (χ0) is 16.3. The number of carbonyl (C=O) groups is 1. The molecule has 0 atom stereocenters. The van der Waals surface area contributed by atoms with Crippen molar-refractivity contribution >= 4 is 5.91 Å². The maximum atomic E-state index is 12.2. The van der Waals surface area contributed by atoms with Gasteiger partial charge in [-0.25, -0.2) is 4.68 Å². The average Bonchev–Trinajstić information content (AvgIpc) is 3.23. The first kappa shape index (κ1) is 15.7. The predicted octanol–water partition coefficient (Wildman–Crippen LogP) is 1.86. The van der Waals surface area contributed by atoms with Gasteiger partial charge >= 0.3 is 0 Å². The summed E-state index contributed by atoms with van der Waals surface area (Å²) in [6.07, 6.45) is 5.76. The number of benzene rings is 1. The highest BCUT2D eigenvalue weighted by Crippen LogP contribution is 2.36. The molecule has 0 aliphatic heterocycles. The number of hydrogen-bond donors (Lipinski definition) is 2. The van der Waals surface area contributed by atoms with Gasteiger partial charge < -0.3 is 10.4 Å². The molecule has 0 bridgehead atoms. The lowest BCUT2D eigenvalue weighted by atomic mass is 9.87. The van der Waals surface area contributed by atoms with Crippen LogP contribution >= 0.6 is 0 Å². The first-order valence-corrected chi connectivity index (χ1v) is 8.00. The molecule has 6 heteroatoms. The first-order chi connectivity index (χ1) is 11.1. The van der Waals surface area contributed by atoms with E-state index in [-0.39, 0.29) is 23.6 Å². The summed E-state index contributed by atoms with van der Waals surface area (Å²) < 4.78 is 1.59. The largest absolute Gasteiger partial charge is 0.396 e. The van der Waals surface area contributed by atoms with Crippen molar-refractivity contribution in [1.29, 1.82) is 0 Å². The molecule has 0 radical (unpaired) electrons. The van der Waals surface area contributed by atoms with Crippen molar-refractivity contribution in [2.24, 2.45) is 5.41 Å². The second-order valence-corrected chi connectivity index (χ2v) is 6.43. The molecule has 6 nitrogen and oxygen atoms in total. The van der Waals surface area contributed by atoms with E-state index in [0.29, 0.717) is 6.54 Å². The molecule has 2 N–H and O–H groups in total. The standard InChI is InChI=1S/C17H22N4O2/c1-13-4-6-14(7-5-13)21-10-15(19-20-21)16(23)18-11-17(12-22)8-2-3-9-17/h4-7,10,22H,2-3,8-9,11-12H2,1H3,(H,18,23). The Balaban J connectivity index is 1.65. The highest BCUT2D eigenvalue weighted by molar-refractivity contribution is 5.91. The SMILES string of the molecule is Cc1ccc(-n2cc(C(=O)NCC3(CO)CCCC3)nn2)cc1. The third-order valence-electron chi connectivity index (χ3n) is 4.65. The molecule has 23 heavy (non-hydrogen) atoms. The quantitative estimate of drug-likeness (QED) is 0.883. The summed E-state index contributed by atoms with van der Waals surface area (Å²) in [4.78, 5) is 12.2. The van der Waals surface area contributed by atoms with Crippen molar-refractivity contribution in [2.75, 3.05) is 13.2 Å². The molecule has 0 saturated heterocycles. The fraction of sp³-hybridized carbons (Fsp3) is 0.471. The van der Waals surface area contributed by atoms with Crippen LogP contribution in [0, 0.1) is 12.3 Å². The fourth-order valence-corrected chi connectivity index (χ4v) is 3.07. The van der Waals surface area contributed by atoms with Crippen molar-refractivity contribution in [1.82, 2.24) is 20.3 Å². The highest BCUT2D eigenvalue weighted by Gasteiger charge is 2.33. The van der Waals surface area contributed by atoms with E-state index in [1.165, 1.54) is 0 Å². The normalized spacial score (nSPS) is 16.4. The van der Waals surface area contributed by atoms with E-state index in [2.05, 4.69) is 15.6 Å². The van der Waals surface area contributed by atoms with Gasteiger partial charge in [-0.1, -0.05) is 35.8 Å². The molecule has 1 aromatic carbocycles. The summed E-state index contributed by atoms with van der Waals surface area (Å²) in [5.74, 6) is -0.247. The number of hydrogen-bond acceptors (Lipinski definition) is 4. The number of aromatic nitrogens is 3. The van der Waals surface area contributed by atoms with Gasteiger partial charge in [-0.2, -0.15) is 0 Å². The van der Waals surface area contributed by atoms with Crippen LogP contribution in [0.3, 0.4) is 0 Å². The lowest BCUT2D eigenvalue weighted by Gasteiger charge is -2.26. The fourth-order valence-electron chi connectivity index (χ4n) is 3.07. The second-order valence-electron chi connectivity index (χ2n) is 6.43. The zero-order valence-electron chi connectivity index (χ0n) is 13.3. The number of aryl methyl sites for hydroxylation is 1. The van der Waals surface area contributed by atoms with Crippen molar-refractivity contribution in [2.45, 2.75) is 32.6 Å². The van der Waals surface area contributed by atoms with Crippen LogP contribution in [-0.4, -0.2) is 39.2 Å². The van der Waals surface area contributed by atoms with E-state index in [1.807, 2.05) is 31.2 Å². The smallest absolute Gasteiger partial charge is 0.273 e. The summed E-state index contributed by atoms with van der Waals surface area (Å²) in [5, 5.41) is 20.4. The highest BCUT2D eigenvalue weighted by atomic mass is 16.3. The Morgan fingerprint density at radius 3 is 2.65 bits per heavy atom. The molecule has 122 valence electrons. The first-order valence-electron chi connectivity index (χ1n) is 8.00. The van der Waals surface area contributed by atoms with Crippen LogP contribution in [0.2, 0.25) is 0 Å². The van der Waals surface area contributed by atoms with Crippen molar-refractivity contribution < 1.29 is 9.90 Å². The van der Waals surface area contributed by atoms with Crippen molar-refractivity contribution in [3.63, 3.8) is 0 Å². The van der Waals surface area contributed by atoms with Gasteiger partial charge in [-0.15, -0.1) is 5.10 Å². The van der Waals surface area contributed by atoms with Gasteiger partial charge in [-0.3, -0.25) is 4.79 Å². The molecule has 1 heterocycles. The lowest BCUT2D eigenvalue weighted by molar-refractivity contribution is 0.0876. The number of nitrogens with zero attached hydrogens (tertiary/aromatic N) is 3. The maximum absolute atomic E-state index is 12.2. The molecular formula is C17H22N4O2. The van der Waals surface area contributed by atoms with Crippen LogP contribution in [0.4, 0.5) is 0 Å². The summed E-state index contributed by atoms with van der Waals surface area (Å²) in [7, 11) is 0. The van der Waals surface area contributed by atoms with Crippen LogP contribution in [-0.2, 0) is 0 Å². The third kappa shape index (κ3) is 3.42. The van der Waals surface area contributed by atoms with Gasteiger partial charge in [0.25, 0.3) is 5.91 Å². The van der Waals surface area contributed by atoms with Crippen LogP contribution in [0.5, 0.6) is 0 Å². The number of carbonyl (C=O) groups excluding carboxylic acids is 1. The molecule has 2 aromatic rings. The van der Waals surface area contributed by atoms with Gasteiger partial charge in [0.2, 0.25) is 0 Å². The minimum absolute atomic E-state index is 0.114.